The number of ether oxygens (including phenoxy) is 4. The molecule has 8 rings (SSSR count). The van der Waals surface area contributed by atoms with E-state index < -0.39 is 12.2 Å². The lowest BCUT2D eigenvalue weighted by molar-refractivity contribution is -0.191. The second kappa shape index (κ2) is 16.8. The highest BCUT2D eigenvalue weighted by atomic mass is 33.1. The number of esters is 1. The van der Waals surface area contributed by atoms with Crippen molar-refractivity contribution in [2.24, 2.45) is 16.8 Å². The number of aliphatic imine (C=N–C) groups is 1. The van der Waals surface area contributed by atoms with E-state index in [-0.39, 0.29) is 75.7 Å². The maximum Gasteiger partial charge on any atom is 0.302 e. The first kappa shape index (κ1) is 38.8. The van der Waals surface area contributed by atoms with Gasteiger partial charge in [0.15, 0.2) is 29.0 Å². The molecule has 4 heterocycles. The summed E-state index contributed by atoms with van der Waals surface area (Å²) >= 11 is 0. The summed E-state index contributed by atoms with van der Waals surface area (Å²) in [6.45, 7) is 2.53. The molecule has 1 aromatic heterocycles. The van der Waals surface area contributed by atoms with E-state index in [1.165, 1.54) is 13.0 Å². The molecule has 2 saturated heterocycles. The highest BCUT2D eigenvalue weighted by molar-refractivity contribution is 8.77. The van der Waals surface area contributed by atoms with Gasteiger partial charge in [-0.05, 0) is 92.0 Å². The fraction of sp³-hybridized carbons (Fsp3) is 0.548. The zero-order chi connectivity index (χ0) is 38.8. The van der Waals surface area contributed by atoms with E-state index in [2.05, 4.69) is 20.6 Å². The first-order chi connectivity index (χ1) is 27.2. The number of guanidine groups is 1. The monoisotopic (exact) mass is 804 g/mol. The van der Waals surface area contributed by atoms with Gasteiger partial charge in [0.25, 0.3) is 0 Å². The van der Waals surface area contributed by atoms with Crippen LogP contribution in [0.4, 0.5) is 0 Å². The number of hydrogen-bond acceptors (Lipinski definition) is 12. The molecular formula is C42H52N4O8S2. The van der Waals surface area contributed by atoms with Gasteiger partial charge >= 0.3 is 5.97 Å². The Morgan fingerprint density at radius 2 is 1.96 bits per heavy atom. The van der Waals surface area contributed by atoms with E-state index in [0.717, 1.165) is 68.6 Å². The van der Waals surface area contributed by atoms with Gasteiger partial charge in [0.1, 0.15) is 12.2 Å². The van der Waals surface area contributed by atoms with Crippen molar-refractivity contribution in [1.82, 2.24) is 15.6 Å². The lowest BCUT2D eigenvalue weighted by atomic mass is 9.70. The molecule has 9 atom stereocenters. The molecule has 300 valence electrons. The average Bonchev–Trinajstić information content (AvgIpc) is 3.35. The maximum absolute atomic E-state index is 12.6. The standard InChI is InChI=1S/C42H52N4O8S2/c1-24(47)52-34-21-33(27-19-32(49)39(50)36(20-27)51-16-12-25-5-4-14-44-23-25)54-40-29(34)8-10-37-30(40)17-26-7-9-31(48)35(18-26)53-28-6-3-13-42(22-28)38(56-55-37)11-15-45-41(43-2)46-42/h4-5,7,9,14,18-20,23,28-30,33-34,37-38,40,48-50H,3,6,8,10-13,15-17,21-22H2,1-2H3,(H2,43,45,46)/t28-,29+,30+,33+,34+,37-,38-,40-,42-/m1/s1. The zero-order valence-corrected chi connectivity index (χ0v) is 33.5. The van der Waals surface area contributed by atoms with Gasteiger partial charge in [0.2, 0.25) is 5.75 Å². The Hall–Kier alpha value is -4.01. The zero-order valence-electron chi connectivity index (χ0n) is 31.9. The lowest BCUT2D eigenvalue weighted by Crippen LogP contribution is -2.59. The molecule has 0 amide bonds. The number of phenols is 3. The van der Waals surface area contributed by atoms with Crippen LogP contribution in [0.1, 0.15) is 81.1 Å². The minimum Gasteiger partial charge on any atom is -0.504 e. The maximum atomic E-state index is 12.6. The van der Waals surface area contributed by atoms with Crippen LogP contribution in [0.5, 0.6) is 28.7 Å². The Bertz CT molecular complexity index is 1900. The lowest BCUT2D eigenvalue weighted by Gasteiger charge is -2.50. The van der Waals surface area contributed by atoms with Crippen molar-refractivity contribution >= 4 is 33.5 Å². The number of carbonyl (C=O) groups is 1. The van der Waals surface area contributed by atoms with Gasteiger partial charge in [-0.1, -0.05) is 33.7 Å². The van der Waals surface area contributed by atoms with Crippen molar-refractivity contribution in [2.75, 3.05) is 20.2 Å². The highest BCUT2D eigenvalue weighted by Crippen LogP contribution is 2.54. The Morgan fingerprint density at radius 3 is 2.79 bits per heavy atom. The van der Waals surface area contributed by atoms with Crippen LogP contribution in [0, 0.1) is 11.8 Å². The van der Waals surface area contributed by atoms with Gasteiger partial charge in [0, 0.05) is 74.5 Å². The molecule has 2 saturated carbocycles. The number of aromatic nitrogens is 1. The molecule has 1 spiro atoms. The van der Waals surface area contributed by atoms with Crippen LogP contribution >= 0.6 is 21.6 Å². The molecule has 0 unspecified atom stereocenters. The molecule has 56 heavy (non-hydrogen) atoms. The van der Waals surface area contributed by atoms with Crippen LogP contribution in [0.3, 0.4) is 0 Å². The first-order valence-electron chi connectivity index (χ1n) is 19.9. The number of phenolic OH excluding ortho intramolecular Hbond substituents is 3. The van der Waals surface area contributed by atoms with E-state index in [1.807, 2.05) is 52.9 Å². The third kappa shape index (κ3) is 8.33. The van der Waals surface area contributed by atoms with Gasteiger partial charge in [-0.15, -0.1) is 0 Å². The quantitative estimate of drug-likeness (QED) is 0.103. The van der Waals surface area contributed by atoms with Gasteiger partial charge < -0.3 is 44.9 Å². The van der Waals surface area contributed by atoms with Crippen LogP contribution in [0.25, 0.3) is 0 Å². The predicted molar refractivity (Wildman–Crippen MR) is 217 cm³/mol. The molecule has 0 radical (unpaired) electrons. The smallest absolute Gasteiger partial charge is 0.302 e. The normalized spacial score (nSPS) is 32.1. The van der Waals surface area contributed by atoms with E-state index in [0.29, 0.717) is 30.6 Å². The number of nitrogens with zero attached hydrogens (tertiary/aromatic N) is 2. The van der Waals surface area contributed by atoms with Gasteiger partial charge in [-0.3, -0.25) is 14.8 Å². The molecule has 12 nitrogen and oxygen atoms in total. The summed E-state index contributed by atoms with van der Waals surface area (Å²) in [5.41, 5.74) is 2.44. The Morgan fingerprint density at radius 1 is 1.07 bits per heavy atom. The third-order valence-electron chi connectivity index (χ3n) is 12.2. The molecule has 5 N–H and O–H groups in total. The predicted octanol–water partition coefficient (Wildman–Crippen LogP) is 6.61. The second-order valence-corrected chi connectivity index (χ2v) is 18.6. The fourth-order valence-corrected chi connectivity index (χ4v) is 13.5. The van der Waals surface area contributed by atoms with E-state index >= 15 is 0 Å². The summed E-state index contributed by atoms with van der Waals surface area (Å²) in [7, 11) is 5.73. The topological polar surface area (TPSA) is 164 Å². The molecular weight excluding hydrogens is 753 g/mol. The van der Waals surface area contributed by atoms with Crippen molar-refractivity contribution in [3.63, 3.8) is 0 Å². The molecule has 4 bridgehead atoms. The third-order valence-corrected chi connectivity index (χ3v) is 15.9. The number of nitrogens with one attached hydrogen (secondary N) is 2. The number of benzene rings is 2. The van der Waals surface area contributed by atoms with Crippen LogP contribution < -0.4 is 20.1 Å². The summed E-state index contributed by atoms with van der Waals surface area (Å²) in [6, 6.07) is 12.8. The highest BCUT2D eigenvalue weighted by Gasteiger charge is 2.51. The van der Waals surface area contributed by atoms with Crippen LogP contribution in [0.15, 0.2) is 59.9 Å². The Kier molecular flexibility index (Phi) is 11.7. The number of aromatic hydroxyl groups is 3. The molecule has 2 aliphatic carbocycles. The SMILES string of the molecule is CN=C1NCC[C@H]2SS[C@@H]3CC[C@@H]4[C@@H](O[C@H](c5cc(O)c(O)c(OCCc6cccnc6)c5)C[C@@H]4OC(C)=O)[C@H]3Cc3ccc(O)c(c3)O[C@@H]3CCC[C@]2(C3)N1. The van der Waals surface area contributed by atoms with Crippen molar-refractivity contribution < 1.29 is 39.1 Å². The summed E-state index contributed by atoms with van der Waals surface area (Å²) in [5.74, 6) is 0.599. The largest absolute Gasteiger partial charge is 0.504 e. The van der Waals surface area contributed by atoms with Crippen LogP contribution in [-0.4, -0.2) is 86.8 Å². The fourth-order valence-electron chi connectivity index (χ4n) is 9.53. The number of rotatable bonds is 6. The minimum atomic E-state index is -0.543. The number of carbonyl (C=O) groups excluding carboxylic acids is 1. The van der Waals surface area contributed by atoms with Crippen molar-refractivity contribution in [1.29, 1.82) is 0 Å². The summed E-state index contributed by atoms with van der Waals surface area (Å²) < 4.78 is 25.9. The molecule has 5 aliphatic rings. The van der Waals surface area contributed by atoms with Gasteiger partial charge in [-0.2, -0.15) is 0 Å². The van der Waals surface area contributed by atoms with Crippen molar-refractivity contribution in [3.8, 4) is 28.7 Å². The molecule has 2 aromatic carbocycles. The second-order valence-electron chi connectivity index (χ2n) is 15.9. The van der Waals surface area contributed by atoms with Crippen molar-refractivity contribution in [3.05, 3.63) is 71.5 Å². The Balaban J connectivity index is 1.12. The number of pyridine rings is 1. The summed E-state index contributed by atoms with van der Waals surface area (Å²) in [4.78, 5) is 21.3. The van der Waals surface area contributed by atoms with Crippen LogP contribution in [-0.2, 0) is 27.1 Å². The number of hydrogen-bond donors (Lipinski definition) is 5. The minimum absolute atomic E-state index is 0.0196. The first-order valence-corrected chi connectivity index (χ1v) is 22.2. The summed E-state index contributed by atoms with van der Waals surface area (Å²) in [5, 5.41) is 40.6. The molecule has 4 fully saturated rings. The van der Waals surface area contributed by atoms with Gasteiger partial charge in [0.05, 0.1) is 24.4 Å². The summed E-state index contributed by atoms with van der Waals surface area (Å²) in [6.07, 6.45) is 10.3. The average molecular weight is 805 g/mol. The van der Waals surface area contributed by atoms with Crippen LogP contribution in [0.2, 0.25) is 0 Å². The van der Waals surface area contributed by atoms with Gasteiger partial charge in [-0.25, -0.2) is 0 Å². The molecule has 14 heteroatoms. The Labute approximate surface area is 335 Å². The molecule has 3 aliphatic heterocycles. The molecule has 3 aromatic rings. The number of fused-ring (bicyclic) bond motifs is 6. The van der Waals surface area contributed by atoms with E-state index in [9.17, 15) is 20.1 Å². The van der Waals surface area contributed by atoms with E-state index in [1.54, 1.807) is 24.5 Å². The van der Waals surface area contributed by atoms with Crippen molar-refractivity contribution in [2.45, 2.75) is 112 Å². The van der Waals surface area contributed by atoms with E-state index in [4.69, 9.17) is 18.9 Å².